The Kier molecular flexibility index (Phi) is 3.14. The van der Waals surface area contributed by atoms with E-state index in [1.165, 1.54) is 0 Å². The van der Waals surface area contributed by atoms with Crippen LogP contribution in [0, 0.1) is 0 Å². The molecule has 0 atom stereocenters. The van der Waals surface area contributed by atoms with Crippen LogP contribution in [0.25, 0.3) is 6.01 Å². The average molecular weight is 206 g/mol. The van der Waals surface area contributed by atoms with Crippen LogP contribution in [0.15, 0.2) is 29.4 Å². The molecular weight excluding hydrogens is 192 g/mol. The predicted octanol–water partition coefficient (Wildman–Crippen LogP) is 1.36. The summed E-state index contributed by atoms with van der Waals surface area (Å²) in [7, 11) is 0. The van der Waals surface area contributed by atoms with Gasteiger partial charge in [0.25, 0.3) is 0 Å². The number of aromatic nitrogens is 3. The lowest BCUT2D eigenvalue weighted by Crippen LogP contribution is -2.13. The summed E-state index contributed by atoms with van der Waals surface area (Å²) in [6.45, 7) is 3.87. The van der Waals surface area contributed by atoms with E-state index in [-0.39, 0.29) is 0 Å². The van der Waals surface area contributed by atoms with Crippen LogP contribution in [0.3, 0.4) is 0 Å². The monoisotopic (exact) mass is 206 g/mol. The third-order valence-electron chi connectivity index (χ3n) is 2.00. The number of hydrogen-bond acceptors (Lipinski definition) is 4. The molecule has 2 heterocycles. The molecule has 5 nitrogen and oxygen atoms in total. The molecule has 0 fully saturated rings. The Hall–Kier alpha value is -1.62. The van der Waals surface area contributed by atoms with Crippen molar-refractivity contribution < 1.29 is 4.42 Å². The Morgan fingerprint density at radius 1 is 1.53 bits per heavy atom. The SMILES string of the molecule is CCCNCc1coc(-n2ccnc2)n1. The summed E-state index contributed by atoms with van der Waals surface area (Å²) in [5.74, 6) is 0. The topological polar surface area (TPSA) is 55.9 Å². The van der Waals surface area contributed by atoms with Gasteiger partial charge in [0.05, 0.1) is 5.69 Å². The highest BCUT2D eigenvalue weighted by Gasteiger charge is 2.04. The number of rotatable bonds is 5. The standard InChI is InChI=1S/C10H14N4O/c1-2-3-11-6-9-7-15-10(13-9)14-5-4-12-8-14/h4-5,7-8,11H,2-3,6H2,1H3. The first-order chi connectivity index (χ1) is 7.40. The van der Waals surface area contributed by atoms with Gasteiger partial charge in [0, 0.05) is 18.9 Å². The van der Waals surface area contributed by atoms with E-state index in [1.807, 2.05) is 0 Å². The van der Waals surface area contributed by atoms with Gasteiger partial charge in [0.1, 0.15) is 12.6 Å². The van der Waals surface area contributed by atoms with Crippen molar-refractivity contribution in [3.05, 3.63) is 30.7 Å². The summed E-state index contributed by atoms with van der Waals surface area (Å²) < 4.78 is 7.05. The lowest BCUT2D eigenvalue weighted by atomic mass is 10.4. The maximum absolute atomic E-state index is 5.31. The van der Waals surface area contributed by atoms with Gasteiger partial charge in [-0.15, -0.1) is 0 Å². The minimum Gasteiger partial charge on any atom is -0.431 e. The fourth-order valence-electron chi connectivity index (χ4n) is 1.26. The molecule has 0 amide bonds. The van der Waals surface area contributed by atoms with Gasteiger partial charge in [-0.1, -0.05) is 6.92 Å². The van der Waals surface area contributed by atoms with Crippen molar-refractivity contribution in [1.82, 2.24) is 19.9 Å². The highest BCUT2D eigenvalue weighted by Crippen LogP contribution is 2.06. The second kappa shape index (κ2) is 4.75. The van der Waals surface area contributed by atoms with E-state index in [2.05, 4.69) is 22.2 Å². The van der Waals surface area contributed by atoms with Crippen LogP contribution in [0.1, 0.15) is 19.0 Å². The summed E-state index contributed by atoms with van der Waals surface area (Å²) in [6.07, 6.45) is 7.94. The van der Waals surface area contributed by atoms with Crippen molar-refractivity contribution in [2.24, 2.45) is 0 Å². The molecular formula is C10H14N4O. The first-order valence-electron chi connectivity index (χ1n) is 5.03. The van der Waals surface area contributed by atoms with Gasteiger partial charge in [0.15, 0.2) is 0 Å². The Morgan fingerprint density at radius 3 is 3.20 bits per heavy atom. The fourth-order valence-corrected chi connectivity index (χ4v) is 1.26. The molecule has 0 saturated heterocycles. The highest BCUT2D eigenvalue weighted by molar-refractivity contribution is 5.09. The van der Waals surface area contributed by atoms with Crippen LogP contribution in [-0.4, -0.2) is 21.1 Å². The maximum atomic E-state index is 5.31. The van der Waals surface area contributed by atoms with Gasteiger partial charge in [-0.25, -0.2) is 4.98 Å². The van der Waals surface area contributed by atoms with E-state index in [9.17, 15) is 0 Å². The van der Waals surface area contributed by atoms with Crippen LogP contribution in [0.2, 0.25) is 0 Å². The van der Waals surface area contributed by atoms with Crippen LogP contribution >= 0.6 is 0 Å². The Balaban J connectivity index is 1.98. The summed E-state index contributed by atoms with van der Waals surface area (Å²) >= 11 is 0. The van der Waals surface area contributed by atoms with Crippen molar-refractivity contribution in [3.63, 3.8) is 0 Å². The third-order valence-corrected chi connectivity index (χ3v) is 2.00. The van der Waals surface area contributed by atoms with E-state index in [4.69, 9.17) is 4.42 Å². The molecule has 2 aromatic rings. The summed E-state index contributed by atoms with van der Waals surface area (Å²) in [5, 5.41) is 3.26. The highest BCUT2D eigenvalue weighted by atomic mass is 16.4. The molecule has 0 aromatic carbocycles. The zero-order valence-electron chi connectivity index (χ0n) is 8.68. The van der Waals surface area contributed by atoms with Gasteiger partial charge in [-0.3, -0.25) is 4.57 Å². The lowest BCUT2D eigenvalue weighted by Gasteiger charge is -1.97. The van der Waals surface area contributed by atoms with Crippen molar-refractivity contribution in [1.29, 1.82) is 0 Å². The first-order valence-corrected chi connectivity index (χ1v) is 5.03. The lowest BCUT2D eigenvalue weighted by molar-refractivity contribution is 0.525. The predicted molar refractivity (Wildman–Crippen MR) is 55.6 cm³/mol. The summed E-state index contributed by atoms with van der Waals surface area (Å²) in [5.41, 5.74) is 0.909. The molecule has 15 heavy (non-hydrogen) atoms. The molecule has 0 aliphatic carbocycles. The molecule has 2 aromatic heterocycles. The van der Waals surface area contributed by atoms with Gasteiger partial charge in [-0.05, 0) is 13.0 Å². The number of imidazole rings is 1. The number of nitrogens with zero attached hydrogens (tertiary/aromatic N) is 3. The Bertz CT molecular complexity index is 393. The molecule has 0 unspecified atom stereocenters. The van der Waals surface area contributed by atoms with Gasteiger partial charge >= 0.3 is 6.01 Å². The molecule has 5 heteroatoms. The van der Waals surface area contributed by atoms with E-state index >= 15 is 0 Å². The van der Waals surface area contributed by atoms with E-state index in [0.717, 1.165) is 25.2 Å². The zero-order chi connectivity index (χ0) is 10.5. The second-order valence-electron chi connectivity index (χ2n) is 3.27. The average Bonchev–Trinajstić information content (AvgIpc) is 2.87. The summed E-state index contributed by atoms with van der Waals surface area (Å²) in [6, 6.07) is 0.556. The Labute approximate surface area is 88.2 Å². The third kappa shape index (κ3) is 2.44. The smallest absolute Gasteiger partial charge is 0.307 e. The molecule has 80 valence electrons. The van der Waals surface area contributed by atoms with Crippen LogP contribution in [-0.2, 0) is 6.54 Å². The minimum absolute atomic E-state index is 0.556. The molecule has 0 bridgehead atoms. The first kappa shape index (κ1) is 9.92. The van der Waals surface area contributed by atoms with Crippen LogP contribution in [0.4, 0.5) is 0 Å². The number of oxazole rings is 1. The van der Waals surface area contributed by atoms with Gasteiger partial charge in [-0.2, -0.15) is 4.98 Å². The fraction of sp³-hybridized carbons (Fsp3) is 0.400. The minimum atomic E-state index is 0.556. The summed E-state index contributed by atoms with van der Waals surface area (Å²) in [4.78, 5) is 8.25. The van der Waals surface area contributed by atoms with E-state index < -0.39 is 0 Å². The zero-order valence-corrected chi connectivity index (χ0v) is 8.68. The quantitative estimate of drug-likeness (QED) is 0.750. The van der Waals surface area contributed by atoms with Crippen molar-refractivity contribution in [2.45, 2.75) is 19.9 Å². The molecule has 0 spiro atoms. The normalized spacial score (nSPS) is 10.7. The van der Waals surface area contributed by atoms with E-state index in [1.54, 1.807) is 29.6 Å². The molecule has 0 saturated carbocycles. The van der Waals surface area contributed by atoms with Crippen LogP contribution in [0.5, 0.6) is 0 Å². The van der Waals surface area contributed by atoms with Gasteiger partial charge < -0.3 is 9.73 Å². The molecule has 0 radical (unpaired) electrons. The number of hydrogen-bond donors (Lipinski definition) is 1. The van der Waals surface area contributed by atoms with E-state index in [0.29, 0.717) is 6.01 Å². The number of nitrogens with one attached hydrogen (secondary N) is 1. The molecule has 0 aliphatic rings. The second-order valence-corrected chi connectivity index (χ2v) is 3.27. The molecule has 1 N–H and O–H groups in total. The molecule has 2 rings (SSSR count). The maximum Gasteiger partial charge on any atom is 0.307 e. The van der Waals surface area contributed by atoms with Crippen molar-refractivity contribution in [3.8, 4) is 6.01 Å². The van der Waals surface area contributed by atoms with Crippen molar-refractivity contribution >= 4 is 0 Å². The molecule has 0 aliphatic heterocycles. The van der Waals surface area contributed by atoms with Crippen molar-refractivity contribution in [2.75, 3.05) is 6.54 Å². The van der Waals surface area contributed by atoms with Crippen LogP contribution < -0.4 is 5.32 Å². The Morgan fingerprint density at radius 2 is 2.47 bits per heavy atom. The largest absolute Gasteiger partial charge is 0.431 e. The van der Waals surface area contributed by atoms with Gasteiger partial charge in [0.2, 0.25) is 0 Å².